The molecule has 0 aromatic heterocycles. The lowest BCUT2D eigenvalue weighted by molar-refractivity contribution is -0.120. The molecule has 1 unspecified atom stereocenters. The fourth-order valence-electron chi connectivity index (χ4n) is 4.32. The van der Waals surface area contributed by atoms with Crippen molar-refractivity contribution in [3.63, 3.8) is 0 Å². The van der Waals surface area contributed by atoms with Gasteiger partial charge in [0.15, 0.2) is 0 Å². The molecule has 1 heterocycles. The number of alkyl carbamates (subject to hydrolysis) is 2. The number of fused-ring (bicyclic) bond motifs is 1. The molecule has 12 heteroatoms. The van der Waals surface area contributed by atoms with Gasteiger partial charge in [-0.15, -0.1) is 0 Å². The summed E-state index contributed by atoms with van der Waals surface area (Å²) >= 11 is 0. The number of para-hydroxylation sites is 1. The van der Waals surface area contributed by atoms with Crippen molar-refractivity contribution in [1.82, 2.24) is 10.6 Å². The van der Waals surface area contributed by atoms with Crippen molar-refractivity contribution < 1.29 is 29.0 Å². The maximum absolute atomic E-state index is 13.6. The molecule has 1 aromatic carbocycles. The number of aliphatic hydroxyl groups is 1. The van der Waals surface area contributed by atoms with Crippen LogP contribution in [0.1, 0.15) is 53.0 Å². The van der Waals surface area contributed by atoms with Gasteiger partial charge in [0.2, 0.25) is 5.91 Å². The van der Waals surface area contributed by atoms with Crippen LogP contribution in [-0.4, -0.2) is 67.2 Å². The number of hydrogen-bond acceptors (Lipinski definition) is 7. The van der Waals surface area contributed by atoms with Crippen LogP contribution in [-0.2, 0) is 20.7 Å². The van der Waals surface area contributed by atoms with E-state index in [2.05, 4.69) is 20.7 Å². The van der Waals surface area contributed by atoms with Gasteiger partial charge in [-0.3, -0.25) is 4.79 Å². The molecule has 3 N–H and O–H groups in total. The van der Waals surface area contributed by atoms with Crippen molar-refractivity contribution >= 4 is 23.8 Å². The number of amides is 3. The van der Waals surface area contributed by atoms with Gasteiger partial charge in [-0.2, -0.15) is 0 Å². The molecule has 0 saturated heterocycles. The van der Waals surface area contributed by atoms with E-state index in [1.54, 1.807) is 25.7 Å². The Morgan fingerprint density at radius 1 is 1.22 bits per heavy atom. The molecule has 3 amide bonds. The first kappa shape index (κ1) is 29.7. The number of azide groups is 1. The molecular formula is C25H38N6O6. The van der Waals surface area contributed by atoms with Gasteiger partial charge in [0.1, 0.15) is 5.60 Å². The second-order valence-electron chi connectivity index (χ2n) is 10.9. The molecule has 0 fully saturated rings. The number of nitrogens with zero attached hydrogens (tertiary/aromatic N) is 4. The van der Waals surface area contributed by atoms with Gasteiger partial charge in [0.05, 0.1) is 31.8 Å². The number of rotatable bonds is 9. The van der Waals surface area contributed by atoms with Crippen LogP contribution in [0.25, 0.3) is 10.4 Å². The highest BCUT2D eigenvalue weighted by Crippen LogP contribution is 2.33. The van der Waals surface area contributed by atoms with Crippen LogP contribution in [0.15, 0.2) is 29.4 Å². The quantitative estimate of drug-likeness (QED) is 0.256. The third-order valence-electron chi connectivity index (χ3n) is 5.86. The third kappa shape index (κ3) is 9.47. The summed E-state index contributed by atoms with van der Waals surface area (Å²) in [5, 5.41) is 19.5. The summed E-state index contributed by atoms with van der Waals surface area (Å²) in [6.07, 6.45) is -1.61. The van der Waals surface area contributed by atoms with E-state index in [-0.39, 0.29) is 37.9 Å². The van der Waals surface area contributed by atoms with Crippen molar-refractivity contribution in [2.75, 3.05) is 25.1 Å². The van der Waals surface area contributed by atoms with E-state index < -0.39 is 35.3 Å². The number of nitrogens with one attached hydrogen (secondary N) is 2. The van der Waals surface area contributed by atoms with E-state index >= 15 is 0 Å². The molecule has 0 aliphatic carbocycles. The first-order chi connectivity index (χ1) is 17.2. The third-order valence-corrected chi connectivity index (χ3v) is 5.86. The van der Waals surface area contributed by atoms with Crippen LogP contribution in [0.2, 0.25) is 0 Å². The summed E-state index contributed by atoms with van der Waals surface area (Å²) in [7, 11) is 1.29. The Labute approximate surface area is 217 Å². The van der Waals surface area contributed by atoms with Gasteiger partial charge in [0, 0.05) is 23.6 Å². The summed E-state index contributed by atoms with van der Waals surface area (Å²) < 4.78 is 10.0. The average molecular weight is 519 g/mol. The Balaban J connectivity index is 2.20. The predicted octanol–water partition coefficient (Wildman–Crippen LogP) is 3.67. The lowest BCUT2D eigenvalue weighted by Crippen LogP contribution is -2.51. The Kier molecular flexibility index (Phi) is 10.2. The molecule has 1 aliphatic heterocycles. The summed E-state index contributed by atoms with van der Waals surface area (Å²) in [5.41, 5.74) is 8.93. The highest BCUT2D eigenvalue weighted by Gasteiger charge is 2.35. The maximum Gasteiger partial charge on any atom is 0.407 e. The molecule has 0 spiro atoms. The minimum atomic E-state index is -1.18. The van der Waals surface area contributed by atoms with Gasteiger partial charge in [-0.1, -0.05) is 37.2 Å². The van der Waals surface area contributed by atoms with Gasteiger partial charge in [-0.05, 0) is 56.2 Å². The van der Waals surface area contributed by atoms with Crippen LogP contribution in [0.3, 0.4) is 0 Å². The normalized spacial score (nSPS) is 16.9. The molecule has 37 heavy (non-hydrogen) atoms. The SMILES string of the molecule is COC(=O)NC1Cc2ccccc2N(C(=O)CC(C)(C)C[C@H](NC(=O)OC(C)(C)C)[C@@H](O)CN=[N+]=[N-])C1. The van der Waals surface area contributed by atoms with Crippen LogP contribution < -0.4 is 15.5 Å². The number of carbonyl (C=O) groups excluding carboxylic acids is 3. The number of ether oxygens (including phenoxy) is 2. The van der Waals surface area contributed by atoms with Crippen molar-refractivity contribution in [3.8, 4) is 0 Å². The molecule has 3 atom stereocenters. The first-order valence-electron chi connectivity index (χ1n) is 12.2. The predicted molar refractivity (Wildman–Crippen MR) is 138 cm³/mol. The minimum absolute atomic E-state index is 0.0903. The van der Waals surface area contributed by atoms with E-state index in [4.69, 9.17) is 15.0 Å². The monoisotopic (exact) mass is 518 g/mol. The smallest absolute Gasteiger partial charge is 0.407 e. The number of carbonyl (C=O) groups is 3. The molecule has 1 aliphatic rings. The Morgan fingerprint density at radius 2 is 1.89 bits per heavy atom. The number of benzene rings is 1. The summed E-state index contributed by atoms with van der Waals surface area (Å²) in [6, 6.07) is 6.37. The lowest BCUT2D eigenvalue weighted by Gasteiger charge is -2.38. The summed E-state index contributed by atoms with van der Waals surface area (Å²) in [6.45, 7) is 8.91. The second-order valence-corrected chi connectivity index (χ2v) is 10.9. The molecule has 0 bridgehead atoms. The topological polar surface area (TPSA) is 166 Å². The minimum Gasteiger partial charge on any atom is -0.453 e. The molecule has 2 rings (SSSR count). The fraction of sp³-hybridized carbons (Fsp3) is 0.640. The summed E-state index contributed by atoms with van der Waals surface area (Å²) in [4.78, 5) is 42.1. The molecular weight excluding hydrogens is 480 g/mol. The number of aliphatic hydroxyl groups excluding tert-OH is 1. The van der Waals surface area contributed by atoms with Gasteiger partial charge in [0.25, 0.3) is 0 Å². The molecule has 0 radical (unpaired) electrons. The Morgan fingerprint density at radius 3 is 2.51 bits per heavy atom. The largest absolute Gasteiger partial charge is 0.453 e. The highest BCUT2D eigenvalue weighted by atomic mass is 16.6. The Bertz CT molecular complexity index is 1020. The van der Waals surface area contributed by atoms with Crippen LogP contribution in [0, 0.1) is 5.41 Å². The van der Waals surface area contributed by atoms with E-state index in [1.165, 1.54) is 7.11 Å². The second kappa shape index (κ2) is 12.6. The molecule has 0 saturated carbocycles. The van der Waals surface area contributed by atoms with Crippen molar-refractivity contribution in [1.29, 1.82) is 0 Å². The van der Waals surface area contributed by atoms with Gasteiger partial charge < -0.3 is 30.1 Å². The van der Waals surface area contributed by atoms with Crippen LogP contribution in [0.4, 0.5) is 15.3 Å². The summed E-state index contributed by atoms with van der Waals surface area (Å²) in [5.74, 6) is -0.172. The van der Waals surface area contributed by atoms with Crippen LogP contribution >= 0.6 is 0 Å². The van der Waals surface area contributed by atoms with Crippen LogP contribution in [0.5, 0.6) is 0 Å². The van der Waals surface area contributed by atoms with E-state index in [0.29, 0.717) is 6.42 Å². The van der Waals surface area contributed by atoms with Gasteiger partial charge >= 0.3 is 12.2 Å². The standard InChI is InChI=1S/C25H38N6O6/c1-24(2,3)37-23(35)29-18(20(32)14-27-30-26)12-25(4,5)13-21(33)31-15-17(28-22(34)36-6)11-16-9-7-8-10-19(16)31/h7-10,17-18,20,32H,11-15H2,1-6H3,(H,28,34)(H,29,35)/t17?,18-,20-/m0/s1. The zero-order valence-electron chi connectivity index (χ0n) is 22.4. The zero-order chi connectivity index (χ0) is 27.8. The maximum atomic E-state index is 13.6. The number of anilines is 1. The van der Waals surface area contributed by atoms with E-state index in [1.807, 2.05) is 38.1 Å². The van der Waals surface area contributed by atoms with Crippen molar-refractivity contribution in [2.24, 2.45) is 10.5 Å². The molecule has 1 aromatic rings. The highest BCUT2D eigenvalue weighted by molar-refractivity contribution is 5.95. The number of methoxy groups -OCH3 is 1. The van der Waals surface area contributed by atoms with Crippen molar-refractivity contribution in [2.45, 2.75) is 77.7 Å². The molecule has 12 nitrogen and oxygen atoms in total. The fourth-order valence-corrected chi connectivity index (χ4v) is 4.32. The lowest BCUT2D eigenvalue weighted by atomic mass is 9.80. The van der Waals surface area contributed by atoms with E-state index in [0.717, 1.165) is 11.3 Å². The van der Waals surface area contributed by atoms with Gasteiger partial charge in [-0.25, -0.2) is 9.59 Å². The Hall–Kier alpha value is -3.50. The average Bonchev–Trinajstić information content (AvgIpc) is 2.79. The number of hydrogen-bond donors (Lipinski definition) is 3. The van der Waals surface area contributed by atoms with E-state index in [9.17, 15) is 19.5 Å². The first-order valence-corrected chi connectivity index (χ1v) is 12.2. The van der Waals surface area contributed by atoms with Crippen molar-refractivity contribution in [3.05, 3.63) is 40.3 Å². The molecule has 204 valence electrons. The zero-order valence-corrected chi connectivity index (χ0v) is 22.4.